The number of hydrogen-bond acceptors (Lipinski definition) is 3. The fourth-order valence-corrected chi connectivity index (χ4v) is 2.77. The summed E-state index contributed by atoms with van der Waals surface area (Å²) in [6, 6.07) is 7.89. The number of anilines is 1. The SMILES string of the molecule is Cc1ccc(N2CCC(C)NC(=O)C2CC#N)cc1Br. The Kier molecular flexibility index (Phi) is 4.66. The van der Waals surface area contributed by atoms with Gasteiger partial charge in [0.25, 0.3) is 0 Å². The fourth-order valence-electron chi connectivity index (χ4n) is 2.40. The van der Waals surface area contributed by atoms with Gasteiger partial charge in [-0.15, -0.1) is 0 Å². The lowest BCUT2D eigenvalue weighted by Crippen LogP contribution is -2.45. The monoisotopic (exact) mass is 335 g/mol. The number of rotatable bonds is 2. The van der Waals surface area contributed by atoms with Crippen molar-refractivity contribution < 1.29 is 4.79 Å². The second kappa shape index (κ2) is 6.27. The molecule has 0 spiro atoms. The number of aryl methyl sites for hydroxylation is 1. The normalized spacial score (nSPS) is 22.9. The van der Waals surface area contributed by atoms with Crippen LogP contribution in [0.5, 0.6) is 0 Å². The molecule has 0 radical (unpaired) electrons. The van der Waals surface area contributed by atoms with Crippen molar-refractivity contribution in [1.29, 1.82) is 5.26 Å². The molecule has 2 rings (SSSR count). The predicted molar refractivity (Wildman–Crippen MR) is 82.5 cm³/mol. The first-order valence-electron chi connectivity index (χ1n) is 6.73. The van der Waals surface area contributed by atoms with Crippen molar-refractivity contribution in [3.8, 4) is 6.07 Å². The number of benzene rings is 1. The summed E-state index contributed by atoms with van der Waals surface area (Å²) in [7, 11) is 0. The van der Waals surface area contributed by atoms with Gasteiger partial charge in [-0.2, -0.15) is 5.26 Å². The van der Waals surface area contributed by atoms with Crippen LogP contribution in [0.25, 0.3) is 0 Å². The molecule has 1 amide bonds. The second-order valence-corrected chi connectivity index (χ2v) is 6.06. The van der Waals surface area contributed by atoms with Gasteiger partial charge >= 0.3 is 0 Å². The Hall–Kier alpha value is -1.54. The average Bonchev–Trinajstić information content (AvgIpc) is 2.54. The maximum Gasteiger partial charge on any atom is 0.243 e. The molecule has 1 N–H and O–H groups in total. The van der Waals surface area contributed by atoms with Crippen molar-refractivity contribution >= 4 is 27.5 Å². The largest absolute Gasteiger partial charge is 0.359 e. The Morgan fingerprint density at radius 1 is 1.55 bits per heavy atom. The van der Waals surface area contributed by atoms with E-state index in [9.17, 15) is 4.79 Å². The summed E-state index contributed by atoms with van der Waals surface area (Å²) in [5, 5.41) is 12.0. The minimum atomic E-state index is -0.417. The van der Waals surface area contributed by atoms with E-state index in [1.807, 2.05) is 36.9 Å². The van der Waals surface area contributed by atoms with Gasteiger partial charge in [0.05, 0.1) is 12.5 Å². The van der Waals surface area contributed by atoms with E-state index in [1.165, 1.54) is 0 Å². The Bertz CT molecular complexity index is 553. The lowest BCUT2D eigenvalue weighted by molar-refractivity contribution is -0.122. The lowest BCUT2D eigenvalue weighted by atomic mass is 10.1. The van der Waals surface area contributed by atoms with E-state index >= 15 is 0 Å². The summed E-state index contributed by atoms with van der Waals surface area (Å²) in [6.07, 6.45) is 1.07. The summed E-state index contributed by atoms with van der Waals surface area (Å²) in [5.41, 5.74) is 2.13. The Labute approximate surface area is 127 Å². The summed E-state index contributed by atoms with van der Waals surface area (Å²) >= 11 is 3.53. The number of carbonyl (C=O) groups is 1. The summed E-state index contributed by atoms with van der Waals surface area (Å²) in [6.45, 7) is 4.79. The molecule has 1 aromatic rings. The maximum atomic E-state index is 12.2. The molecule has 1 heterocycles. The van der Waals surface area contributed by atoms with Gasteiger partial charge in [0.2, 0.25) is 5.91 Å². The first kappa shape index (κ1) is 14.9. The summed E-state index contributed by atoms with van der Waals surface area (Å²) in [5.74, 6) is -0.0618. The maximum absolute atomic E-state index is 12.2. The molecule has 0 saturated carbocycles. The third-order valence-corrected chi connectivity index (χ3v) is 4.50. The molecule has 1 aliphatic rings. The van der Waals surface area contributed by atoms with E-state index in [1.54, 1.807) is 0 Å². The number of nitrogens with zero attached hydrogens (tertiary/aromatic N) is 2. The number of nitriles is 1. The Balaban J connectivity index is 2.36. The van der Waals surface area contributed by atoms with Crippen molar-refractivity contribution in [3.05, 3.63) is 28.2 Å². The Morgan fingerprint density at radius 2 is 2.30 bits per heavy atom. The number of nitrogens with one attached hydrogen (secondary N) is 1. The highest BCUT2D eigenvalue weighted by molar-refractivity contribution is 9.10. The third kappa shape index (κ3) is 3.13. The highest BCUT2D eigenvalue weighted by Crippen LogP contribution is 2.27. The molecule has 0 aliphatic carbocycles. The van der Waals surface area contributed by atoms with Crippen LogP contribution in [0.4, 0.5) is 5.69 Å². The van der Waals surface area contributed by atoms with Crippen LogP contribution in [-0.4, -0.2) is 24.5 Å². The molecule has 2 atom stereocenters. The number of hydrogen-bond donors (Lipinski definition) is 1. The molecule has 4 nitrogen and oxygen atoms in total. The van der Waals surface area contributed by atoms with E-state index in [-0.39, 0.29) is 18.4 Å². The first-order chi connectivity index (χ1) is 9.52. The second-order valence-electron chi connectivity index (χ2n) is 5.20. The van der Waals surface area contributed by atoms with E-state index in [0.717, 1.165) is 28.7 Å². The highest BCUT2D eigenvalue weighted by Gasteiger charge is 2.30. The van der Waals surface area contributed by atoms with Gasteiger partial charge in [-0.1, -0.05) is 22.0 Å². The first-order valence-corrected chi connectivity index (χ1v) is 7.52. The van der Waals surface area contributed by atoms with Gasteiger partial charge in [-0.25, -0.2) is 0 Å². The van der Waals surface area contributed by atoms with E-state index < -0.39 is 6.04 Å². The van der Waals surface area contributed by atoms with Gasteiger partial charge in [0.1, 0.15) is 6.04 Å². The molecule has 1 aliphatic heterocycles. The molecule has 5 heteroatoms. The van der Waals surface area contributed by atoms with Crippen LogP contribution in [0.2, 0.25) is 0 Å². The minimum Gasteiger partial charge on any atom is -0.359 e. The van der Waals surface area contributed by atoms with Gasteiger partial charge in [-0.05, 0) is 38.0 Å². The standard InChI is InChI=1S/C15H18BrN3O/c1-10-3-4-12(9-13(10)16)19-8-6-11(2)18-15(20)14(19)5-7-17/h3-4,9,11,14H,5-6,8H2,1-2H3,(H,18,20). The van der Waals surface area contributed by atoms with E-state index in [4.69, 9.17) is 5.26 Å². The van der Waals surface area contributed by atoms with Crippen molar-refractivity contribution in [2.75, 3.05) is 11.4 Å². The van der Waals surface area contributed by atoms with Gasteiger partial charge in [-0.3, -0.25) is 4.79 Å². The summed E-state index contributed by atoms with van der Waals surface area (Å²) < 4.78 is 1.02. The van der Waals surface area contributed by atoms with E-state index in [0.29, 0.717) is 0 Å². The van der Waals surface area contributed by atoms with Crippen LogP contribution in [0.3, 0.4) is 0 Å². The average molecular weight is 336 g/mol. The molecule has 1 aromatic carbocycles. The topological polar surface area (TPSA) is 56.1 Å². The molecule has 106 valence electrons. The van der Waals surface area contributed by atoms with Crippen molar-refractivity contribution in [2.45, 2.75) is 38.8 Å². The van der Waals surface area contributed by atoms with Crippen LogP contribution in [0.1, 0.15) is 25.3 Å². The fraction of sp³-hybridized carbons (Fsp3) is 0.467. The predicted octanol–water partition coefficient (Wildman–Crippen LogP) is 2.75. The van der Waals surface area contributed by atoms with Gasteiger partial charge in [0, 0.05) is 22.7 Å². The Morgan fingerprint density at radius 3 is 2.95 bits per heavy atom. The molecular weight excluding hydrogens is 318 g/mol. The van der Waals surface area contributed by atoms with Crippen LogP contribution in [-0.2, 0) is 4.79 Å². The van der Waals surface area contributed by atoms with Crippen molar-refractivity contribution in [2.24, 2.45) is 0 Å². The number of carbonyl (C=O) groups excluding carboxylic acids is 1. The van der Waals surface area contributed by atoms with Crippen LogP contribution in [0, 0.1) is 18.3 Å². The zero-order valence-corrected chi connectivity index (χ0v) is 13.3. The molecular formula is C15H18BrN3O. The van der Waals surface area contributed by atoms with Gasteiger partial charge in [0.15, 0.2) is 0 Å². The minimum absolute atomic E-state index is 0.0618. The van der Waals surface area contributed by atoms with Crippen LogP contribution >= 0.6 is 15.9 Å². The smallest absolute Gasteiger partial charge is 0.243 e. The van der Waals surface area contributed by atoms with Crippen molar-refractivity contribution in [1.82, 2.24) is 5.32 Å². The molecule has 1 saturated heterocycles. The van der Waals surface area contributed by atoms with Crippen LogP contribution < -0.4 is 10.2 Å². The number of amides is 1. The molecule has 0 aromatic heterocycles. The highest BCUT2D eigenvalue weighted by atomic mass is 79.9. The quantitative estimate of drug-likeness (QED) is 0.904. The van der Waals surface area contributed by atoms with E-state index in [2.05, 4.69) is 27.3 Å². The zero-order chi connectivity index (χ0) is 14.7. The zero-order valence-electron chi connectivity index (χ0n) is 11.7. The van der Waals surface area contributed by atoms with Gasteiger partial charge < -0.3 is 10.2 Å². The molecule has 0 bridgehead atoms. The number of halogens is 1. The third-order valence-electron chi connectivity index (χ3n) is 3.64. The molecule has 1 fully saturated rings. The lowest BCUT2D eigenvalue weighted by Gasteiger charge is -2.29. The molecule has 2 unspecified atom stereocenters. The van der Waals surface area contributed by atoms with Crippen LogP contribution in [0.15, 0.2) is 22.7 Å². The molecule has 20 heavy (non-hydrogen) atoms. The summed E-state index contributed by atoms with van der Waals surface area (Å²) in [4.78, 5) is 14.3. The van der Waals surface area contributed by atoms with Crippen molar-refractivity contribution in [3.63, 3.8) is 0 Å².